The van der Waals surface area contributed by atoms with E-state index in [-0.39, 0.29) is 17.6 Å². The lowest BCUT2D eigenvalue weighted by Gasteiger charge is -1.93. The van der Waals surface area contributed by atoms with Crippen molar-refractivity contribution in [2.45, 2.75) is 0 Å². The van der Waals surface area contributed by atoms with E-state index in [0.29, 0.717) is 5.56 Å². The van der Waals surface area contributed by atoms with Crippen molar-refractivity contribution in [2.75, 3.05) is 0 Å². The Morgan fingerprint density at radius 2 is 2.00 bits per heavy atom. The van der Waals surface area contributed by atoms with Crippen molar-refractivity contribution in [2.24, 2.45) is 5.11 Å². The first-order valence-electron chi connectivity index (χ1n) is 4.14. The second-order valence-electron chi connectivity index (χ2n) is 2.79. The summed E-state index contributed by atoms with van der Waals surface area (Å²) in [6.45, 7) is 0. The smallest absolute Gasteiger partial charge is 0.321 e. The van der Waals surface area contributed by atoms with E-state index in [1.54, 1.807) is 0 Å². The lowest BCUT2D eigenvalue weighted by Crippen LogP contribution is -1.87. The molecule has 0 saturated heterocycles. The Labute approximate surface area is 88.6 Å². The van der Waals surface area contributed by atoms with Crippen LogP contribution in [0.2, 0.25) is 0 Å². The monoisotopic (exact) mass is 218 g/mol. The molecule has 0 radical (unpaired) electrons. The van der Waals surface area contributed by atoms with Crippen LogP contribution >= 0.6 is 0 Å². The summed E-state index contributed by atoms with van der Waals surface area (Å²) in [5.74, 6) is 0.127. The summed E-state index contributed by atoms with van der Waals surface area (Å²) < 4.78 is 4.91. The lowest BCUT2D eigenvalue weighted by molar-refractivity contribution is -0.384. The number of nitro benzene ring substituents is 1. The van der Waals surface area contributed by atoms with E-state index in [1.807, 2.05) is 0 Å². The fraction of sp³-hybridized carbons (Fsp3) is 0. The van der Waals surface area contributed by atoms with Gasteiger partial charge in [0.05, 0.1) is 4.92 Å². The van der Waals surface area contributed by atoms with Gasteiger partial charge in [-0.1, -0.05) is 5.10 Å². The molecule has 2 aromatic rings. The molecule has 2 rings (SSSR count). The van der Waals surface area contributed by atoms with Gasteiger partial charge < -0.3 is 15.1 Å². The number of non-ortho nitro benzene ring substituents is 1. The molecule has 80 valence electrons. The van der Waals surface area contributed by atoms with Gasteiger partial charge in [0.15, 0.2) is 0 Å². The highest BCUT2D eigenvalue weighted by Gasteiger charge is 2.09. The maximum absolute atomic E-state index is 10.4. The zero-order chi connectivity index (χ0) is 11.5. The fourth-order valence-corrected chi connectivity index (χ4v) is 1.10. The predicted molar refractivity (Wildman–Crippen MR) is 51.8 cm³/mol. The van der Waals surface area contributed by atoms with Crippen LogP contribution in [0.25, 0.3) is 17.0 Å². The molecule has 0 aliphatic rings. The first-order valence-corrected chi connectivity index (χ1v) is 4.14. The van der Waals surface area contributed by atoms with Gasteiger partial charge in [-0.3, -0.25) is 10.1 Å². The highest BCUT2D eigenvalue weighted by atomic mass is 16.6. The molecule has 8 heteroatoms. The van der Waals surface area contributed by atoms with Crippen LogP contribution in [0.3, 0.4) is 0 Å². The van der Waals surface area contributed by atoms with Crippen molar-refractivity contribution in [3.8, 4) is 11.5 Å². The summed E-state index contributed by atoms with van der Waals surface area (Å²) >= 11 is 0. The van der Waals surface area contributed by atoms with Gasteiger partial charge >= 0.3 is 6.01 Å². The van der Waals surface area contributed by atoms with Crippen molar-refractivity contribution in [1.29, 1.82) is 0 Å². The van der Waals surface area contributed by atoms with Gasteiger partial charge in [0.1, 0.15) is 0 Å². The lowest BCUT2D eigenvalue weighted by atomic mass is 10.2. The molecule has 0 fully saturated rings. The summed E-state index contributed by atoms with van der Waals surface area (Å²) in [7, 11) is 0. The van der Waals surface area contributed by atoms with Crippen LogP contribution in [-0.4, -0.2) is 15.1 Å². The molecule has 0 unspecified atom stereocenters. The Morgan fingerprint density at radius 1 is 1.31 bits per heavy atom. The average Bonchev–Trinajstić information content (AvgIpc) is 2.77. The largest absolute Gasteiger partial charge is 0.702 e. The minimum atomic E-state index is -0.508. The standard InChI is InChI=1S/C8H4N5O3/c9-10-8-12-11-7(16-8)5-1-3-6(4-2-5)13(14)15/h1-4H/q-1. The molecule has 0 aliphatic heterocycles. The fourth-order valence-electron chi connectivity index (χ4n) is 1.10. The average molecular weight is 218 g/mol. The van der Waals surface area contributed by atoms with E-state index >= 15 is 0 Å². The molecule has 16 heavy (non-hydrogen) atoms. The normalized spacial score (nSPS) is 10.0. The van der Waals surface area contributed by atoms with Crippen molar-refractivity contribution in [1.82, 2.24) is 10.2 Å². The summed E-state index contributed by atoms with van der Waals surface area (Å²) in [5, 5.41) is 20.1. The van der Waals surface area contributed by atoms with E-state index in [9.17, 15) is 10.1 Å². The van der Waals surface area contributed by atoms with Crippen molar-refractivity contribution < 1.29 is 9.34 Å². The predicted octanol–water partition coefficient (Wildman–Crippen LogP) is 2.30. The summed E-state index contributed by atoms with van der Waals surface area (Å²) in [4.78, 5) is 9.90. The van der Waals surface area contributed by atoms with Crippen LogP contribution in [0.5, 0.6) is 0 Å². The zero-order valence-electron chi connectivity index (χ0n) is 7.77. The van der Waals surface area contributed by atoms with Gasteiger partial charge in [-0.25, -0.2) is 0 Å². The molecule has 8 nitrogen and oxygen atoms in total. The van der Waals surface area contributed by atoms with E-state index in [4.69, 9.17) is 9.95 Å². The molecule has 0 aliphatic carbocycles. The minimum absolute atomic E-state index is 0.0321. The van der Waals surface area contributed by atoms with E-state index in [2.05, 4.69) is 15.3 Å². The molecule has 0 amide bonds. The van der Waals surface area contributed by atoms with Crippen LogP contribution in [0.4, 0.5) is 11.7 Å². The highest BCUT2D eigenvalue weighted by Crippen LogP contribution is 2.23. The van der Waals surface area contributed by atoms with Gasteiger partial charge in [0.25, 0.3) is 5.69 Å². The molecule has 1 aromatic heterocycles. The number of hydrogen-bond acceptors (Lipinski definition) is 6. The van der Waals surface area contributed by atoms with Crippen molar-refractivity contribution in [3.05, 3.63) is 39.9 Å². The second kappa shape index (κ2) is 3.85. The van der Waals surface area contributed by atoms with Gasteiger partial charge in [0.2, 0.25) is 5.89 Å². The molecule has 0 atom stereocenters. The number of nitro groups is 1. The number of aromatic nitrogens is 2. The third-order valence-electron chi connectivity index (χ3n) is 1.82. The topological polar surface area (TPSA) is 117 Å². The Balaban J connectivity index is 2.34. The number of hydrogen-bond donors (Lipinski definition) is 0. The van der Waals surface area contributed by atoms with E-state index in [1.165, 1.54) is 24.3 Å². The van der Waals surface area contributed by atoms with Gasteiger partial charge in [-0.15, -0.1) is 5.10 Å². The van der Waals surface area contributed by atoms with Crippen LogP contribution < -0.4 is 0 Å². The quantitative estimate of drug-likeness (QED) is 0.445. The maximum atomic E-state index is 10.4. The molecule has 1 aromatic carbocycles. The van der Waals surface area contributed by atoms with Crippen LogP contribution in [-0.2, 0) is 0 Å². The van der Waals surface area contributed by atoms with Crippen LogP contribution in [0, 0.1) is 10.1 Å². The summed E-state index contributed by atoms with van der Waals surface area (Å²) in [5.41, 5.74) is 8.83. The van der Waals surface area contributed by atoms with Gasteiger partial charge in [-0.2, -0.15) is 0 Å². The Bertz CT molecular complexity index is 533. The Kier molecular flexibility index (Phi) is 2.38. The van der Waals surface area contributed by atoms with Crippen molar-refractivity contribution in [3.63, 3.8) is 0 Å². The van der Waals surface area contributed by atoms with E-state index < -0.39 is 4.92 Å². The second-order valence-corrected chi connectivity index (χ2v) is 2.79. The van der Waals surface area contributed by atoms with Crippen LogP contribution in [0.15, 0.2) is 33.8 Å². The first-order chi connectivity index (χ1) is 7.70. The third-order valence-corrected chi connectivity index (χ3v) is 1.82. The van der Waals surface area contributed by atoms with Gasteiger partial charge in [-0.05, 0) is 12.1 Å². The SMILES string of the molecule is [N-]=Nc1nnc(-c2ccc([N+](=O)[O-])cc2)o1. The molecule has 0 spiro atoms. The molecular formula is C8H4N5O3-. The molecule has 0 N–H and O–H groups in total. The third kappa shape index (κ3) is 1.75. The van der Waals surface area contributed by atoms with Gasteiger partial charge in [0, 0.05) is 17.7 Å². The molecule has 0 saturated carbocycles. The Hall–Kier alpha value is -2.64. The zero-order valence-corrected chi connectivity index (χ0v) is 7.77. The van der Waals surface area contributed by atoms with Crippen molar-refractivity contribution >= 4 is 11.7 Å². The highest BCUT2D eigenvalue weighted by molar-refractivity contribution is 5.55. The summed E-state index contributed by atoms with van der Waals surface area (Å²) in [6, 6.07) is 5.29. The molecule has 1 heterocycles. The minimum Gasteiger partial charge on any atom is -0.702 e. The molecule has 0 bridgehead atoms. The number of nitrogens with zero attached hydrogens (tertiary/aromatic N) is 5. The molecular weight excluding hydrogens is 214 g/mol. The summed E-state index contributed by atoms with van der Waals surface area (Å²) in [6.07, 6.45) is 0. The van der Waals surface area contributed by atoms with E-state index in [0.717, 1.165) is 0 Å². The maximum Gasteiger partial charge on any atom is 0.321 e. The first kappa shape index (κ1) is 9.90. The Morgan fingerprint density at radius 3 is 2.50 bits per heavy atom. The number of rotatable bonds is 3. The van der Waals surface area contributed by atoms with Crippen LogP contribution in [0.1, 0.15) is 0 Å². The number of benzene rings is 1.